The predicted octanol–water partition coefficient (Wildman–Crippen LogP) is 2.28. The van der Waals surface area contributed by atoms with Crippen LogP contribution in [0.4, 0.5) is 10.1 Å². The molecule has 0 aromatic heterocycles. The maximum absolute atomic E-state index is 13.2. The summed E-state index contributed by atoms with van der Waals surface area (Å²) in [6, 6.07) is 3.56. The topological polar surface area (TPSA) is 58.6 Å². The van der Waals surface area contributed by atoms with Gasteiger partial charge < -0.3 is 15.2 Å². The maximum atomic E-state index is 13.2. The number of carboxylic acids is 1. The molecule has 1 rings (SSSR count). The number of rotatable bonds is 6. The van der Waals surface area contributed by atoms with Gasteiger partial charge in [0.2, 0.25) is 0 Å². The summed E-state index contributed by atoms with van der Waals surface area (Å²) >= 11 is 0. The van der Waals surface area contributed by atoms with Crippen molar-refractivity contribution in [2.75, 3.05) is 19.0 Å². The van der Waals surface area contributed by atoms with E-state index in [9.17, 15) is 9.18 Å². The lowest BCUT2D eigenvalue weighted by atomic mass is 10.0. The molecule has 0 bridgehead atoms. The number of nitrogens with one attached hydrogen (secondary N) is 1. The number of carboxylic acid groups (broad SMARTS) is 1. The number of hydrogen-bond donors (Lipinski definition) is 2. The molecule has 0 saturated heterocycles. The molecule has 0 aliphatic carbocycles. The Morgan fingerprint density at radius 1 is 1.50 bits per heavy atom. The summed E-state index contributed by atoms with van der Waals surface area (Å²) in [5.41, 5.74) is 1.20. The van der Waals surface area contributed by atoms with E-state index in [1.54, 1.807) is 19.9 Å². The Morgan fingerprint density at radius 2 is 2.17 bits per heavy atom. The molecule has 2 atom stereocenters. The number of methoxy groups -OCH3 is 1. The van der Waals surface area contributed by atoms with Crippen LogP contribution in [0.5, 0.6) is 0 Å². The van der Waals surface area contributed by atoms with E-state index in [-0.39, 0.29) is 11.7 Å². The second-order valence-electron chi connectivity index (χ2n) is 4.41. The normalized spacial score (nSPS) is 14.0. The molecular weight excluding hydrogens is 237 g/mol. The van der Waals surface area contributed by atoms with Crippen molar-refractivity contribution >= 4 is 11.7 Å². The van der Waals surface area contributed by atoms with Crippen molar-refractivity contribution in [3.8, 4) is 0 Å². The fourth-order valence-corrected chi connectivity index (χ4v) is 1.81. The first-order valence-corrected chi connectivity index (χ1v) is 5.69. The molecule has 18 heavy (non-hydrogen) atoms. The summed E-state index contributed by atoms with van der Waals surface area (Å²) in [5.74, 6) is -1.60. The quantitative estimate of drug-likeness (QED) is 0.818. The van der Waals surface area contributed by atoms with Gasteiger partial charge in [0.15, 0.2) is 0 Å². The van der Waals surface area contributed by atoms with E-state index < -0.39 is 12.0 Å². The van der Waals surface area contributed by atoms with E-state index in [2.05, 4.69) is 5.32 Å². The van der Waals surface area contributed by atoms with Gasteiger partial charge in [-0.2, -0.15) is 0 Å². The van der Waals surface area contributed by atoms with Crippen molar-refractivity contribution in [3.63, 3.8) is 0 Å². The highest BCUT2D eigenvalue weighted by Crippen LogP contribution is 2.17. The standard InChI is InChI=1S/C13H18FNO3/c1-8-4-10(14)6-11(5-8)15-12(13(16)17)9(2)7-18-3/h4-6,9,12,15H,7H2,1-3H3,(H,16,17). The highest BCUT2D eigenvalue weighted by Gasteiger charge is 2.24. The van der Waals surface area contributed by atoms with E-state index in [0.717, 1.165) is 5.56 Å². The van der Waals surface area contributed by atoms with Crippen molar-refractivity contribution < 1.29 is 19.0 Å². The number of anilines is 1. The number of carbonyl (C=O) groups is 1. The largest absolute Gasteiger partial charge is 0.480 e. The highest BCUT2D eigenvalue weighted by molar-refractivity contribution is 5.77. The molecular formula is C13H18FNO3. The van der Waals surface area contributed by atoms with Crippen LogP contribution in [-0.2, 0) is 9.53 Å². The van der Waals surface area contributed by atoms with Gasteiger partial charge in [0.1, 0.15) is 11.9 Å². The monoisotopic (exact) mass is 255 g/mol. The van der Waals surface area contributed by atoms with Crippen LogP contribution in [0.15, 0.2) is 18.2 Å². The first kappa shape index (κ1) is 14.4. The van der Waals surface area contributed by atoms with Crippen LogP contribution in [0.25, 0.3) is 0 Å². The molecule has 100 valence electrons. The number of hydrogen-bond acceptors (Lipinski definition) is 3. The van der Waals surface area contributed by atoms with Crippen LogP contribution < -0.4 is 5.32 Å². The average Bonchev–Trinajstić information content (AvgIpc) is 2.24. The van der Waals surface area contributed by atoms with Gasteiger partial charge in [-0.3, -0.25) is 0 Å². The molecule has 2 unspecified atom stereocenters. The number of benzene rings is 1. The molecule has 0 amide bonds. The Labute approximate surface area is 106 Å². The number of aryl methyl sites for hydroxylation is 1. The average molecular weight is 255 g/mol. The van der Waals surface area contributed by atoms with Crippen molar-refractivity contribution in [2.24, 2.45) is 5.92 Å². The van der Waals surface area contributed by atoms with Gasteiger partial charge in [0.25, 0.3) is 0 Å². The lowest BCUT2D eigenvalue weighted by Crippen LogP contribution is -2.37. The number of aliphatic carboxylic acids is 1. The van der Waals surface area contributed by atoms with E-state index in [1.165, 1.54) is 19.2 Å². The van der Waals surface area contributed by atoms with Crippen LogP contribution in [0, 0.1) is 18.7 Å². The zero-order chi connectivity index (χ0) is 13.7. The van der Waals surface area contributed by atoms with Gasteiger partial charge in [-0.1, -0.05) is 6.92 Å². The summed E-state index contributed by atoms with van der Waals surface area (Å²) in [7, 11) is 1.52. The van der Waals surface area contributed by atoms with Crippen molar-refractivity contribution in [2.45, 2.75) is 19.9 Å². The smallest absolute Gasteiger partial charge is 0.326 e. The zero-order valence-electron chi connectivity index (χ0n) is 10.7. The summed E-state index contributed by atoms with van der Waals surface area (Å²) in [5, 5.41) is 12.0. The summed E-state index contributed by atoms with van der Waals surface area (Å²) < 4.78 is 18.2. The lowest BCUT2D eigenvalue weighted by Gasteiger charge is -2.22. The second-order valence-corrected chi connectivity index (χ2v) is 4.41. The Kier molecular flexibility index (Phi) is 5.09. The van der Waals surface area contributed by atoms with Crippen LogP contribution in [0.3, 0.4) is 0 Å². The minimum absolute atomic E-state index is 0.226. The van der Waals surface area contributed by atoms with Crippen LogP contribution >= 0.6 is 0 Å². The third kappa shape index (κ3) is 4.00. The van der Waals surface area contributed by atoms with Crippen LogP contribution in [-0.4, -0.2) is 30.8 Å². The molecule has 0 saturated carbocycles. The van der Waals surface area contributed by atoms with Crippen LogP contribution in [0.1, 0.15) is 12.5 Å². The van der Waals surface area contributed by atoms with Gasteiger partial charge in [0, 0.05) is 18.7 Å². The van der Waals surface area contributed by atoms with E-state index in [1.807, 2.05) is 0 Å². The number of ether oxygens (including phenoxy) is 1. The zero-order valence-corrected chi connectivity index (χ0v) is 10.7. The van der Waals surface area contributed by atoms with Crippen LogP contribution in [0.2, 0.25) is 0 Å². The van der Waals surface area contributed by atoms with E-state index in [0.29, 0.717) is 12.3 Å². The second kappa shape index (κ2) is 6.35. The molecule has 1 aromatic rings. The molecule has 0 radical (unpaired) electrons. The van der Waals surface area contributed by atoms with Crippen molar-refractivity contribution in [1.82, 2.24) is 0 Å². The third-order valence-corrected chi connectivity index (χ3v) is 2.63. The Balaban J connectivity index is 2.86. The molecule has 0 heterocycles. The first-order valence-electron chi connectivity index (χ1n) is 5.69. The van der Waals surface area contributed by atoms with Crippen molar-refractivity contribution in [1.29, 1.82) is 0 Å². The molecule has 5 heteroatoms. The van der Waals surface area contributed by atoms with Gasteiger partial charge in [-0.15, -0.1) is 0 Å². The highest BCUT2D eigenvalue weighted by atomic mass is 19.1. The van der Waals surface area contributed by atoms with Gasteiger partial charge in [-0.05, 0) is 30.7 Å². The third-order valence-electron chi connectivity index (χ3n) is 2.63. The summed E-state index contributed by atoms with van der Waals surface area (Å²) in [4.78, 5) is 11.2. The maximum Gasteiger partial charge on any atom is 0.326 e. The summed E-state index contributed by atoms with van der Waals surface area (Å²) in [6.07, 6.45) is 0. The SMILES string of the molecule is COCC(C)C(Nc1cc(C)cc(F)c1)C(=O)O. The Bertz CT molecular complexity index is 402. The fraction of sp³-hybridized carbons (Fsp3) is 0.462. The molecule has 1 aromatic carbocycles. The summed E-state index contributed by atoms with van der Waals surface area (Å²) in [6.45, 7) is 3.84. The molecule has 0 aliphatic rings. The van der Waals surface area contributed by atoms with Gasteiger partial charge >= 0.3 is 5.97 Å². The fourth-order valence-electron chi connectivity index (χ4n) is 1.81. The predicted molar refractivity (Wildman–Crippen MR) is 67.2 cm³/mol. The Hall–Kier alpha value is -1.62. The lowest BCUT2D eigenvalue weighted by molar-refractivity contribution is -0.139. The van der Waals surface area contributed by atoms with Gasteiger partial charge in [-0.25, -0.2) is 9.18 Å². The van der Waals surface area contributed by atoms with E-state index >= 15 is 0 Å². The molecule has 2 N–H and O–H groups in total. The molecule has 0 fully saturated rings. The first-order chi connectivity index (χ1) is 8.43. The minimum Gasteiger partial charge on any atom is -0.480 e. The molecule has 4 nitrogen and oxygen atoms in total. The van der Waals surface area contributed by atoms with Crippen molar-refractivity contribution in [3.05, 3.63) is 29.6 Å². The Morgan fingerprint density at radius 3 is 2.67 bits per heavy atom. The van der Waals surface area contributed by atoms with Gasteiger partial charge in [0.05, 0.1) is 6.61 Å². The minimum atomic E-state index is -0.985. The molecule has 0 spiro atoms. The van der Waals surface area contributed by atoms with E-state index in [4.69, 9.17) is 9.84 Å². The number of halogens is 1. The molecule has 0 aliphatic heterocycles.